The molecule has 118 valence electrons. The number of aliphatic hydroxyl groups is 2. The van der Waals surface area contributed by atoms with E-state index in [1.54, 1.807) is 0 Å². The van der Waals surface area contributed by atoms with Crippen LogP contribution >= 0.6 is 0 Å². The fraction of sp³-hybridized carbons (Fsp3) is 0.667. The molecule has 0 saturated carbocycles. The van der Waals surface area contributed by atoms with E-state index in [1.165, 1.54) is 27.3 Å². The van der Waals surface area contributed by atoms with Crippen LogP contribution in [-0.4, -0.2) is 58.9 Å². The van der Waals surface area contributed by atoms with Crippen LogP contribution in [0.15, 0.2) is 15.8 Å². The molecule has 9 heteroatoms. The molecule has 1 unspecified atom stereocenters. The molecule has 1 aromatic heterocycles. The van der Waals surface area contributed by atoms with Crippen molar-refractivity contribution < 1.29 is 24.4 Å². The number of aromatic nitrogens is 2. The number of nitrogens with zero attached hydrogens (tertiary/aromatic N) is 1. The lowest BCUT2D eigenvalue weighted by molar-refractivity contribution is -0.309. The van der Waals surface area contributed by atoms with Crippen LogP contribution in [0.25, 0.3) is 0 Å². The van der Waals surface area contributed by atoms with E-state index < -0.39 is 42.1 Å². The van der Waals surface area contributed by atoms with E-state index in [1.807, 2.05) is 0 Å². The average molecular weight is 302 g/mol. The topological polar surface area (TPSA) is 123 Å². The van der Waals surface area contributed by atoms with Crippen molar-refractivity contribution in [2.24, 2.45) is 0 Å². The van der Waals surface area contributed by atoms with Crippen LogP contribution in [0.3, 0.4) is 0 Å². The number of ether oxygens (including phenoxy) is 3. The standard InChI is InChI=1S/C12H18N2O7/c1-6-4-14(11(18)13-10(6)17)12(20-3)9(19-2)8(16)7(5-15)21-12/h4,7-9,15-16H,5H2,1-3H3,(H,13,17,18)/t7-,8-,9?,12-/m1/s1. The van der Waals surface area contributed by atoms with Gasteiger partial charge >= 0.3 is 5.69 Å². The van der Waals surface area contributed by atoms with E-state index in [9.17, 15) is 19.8 Å². The van der Waals surface area contributed by atoms with Gasteiger partial charge in [0.25, 0.3) is 11.5 Å². The summed E-state index contributed by atoms with van der Waals surface area (Å²) in [6.45, 7) is 1.03. The Balaban J connectivity index is 2.64. The first-order valence-corrected chi connectivity index (χ1v) is 6.29. The van der Waals surface area contributed by atoms with Gasteiger partial charge in [0.05, 0.1) is 6.61 Å². The molecular formula is C12H18N2O7. The number of hydrogen-bond donors (Lipinski definition) is 3. The lowest BCUT2D eigenvalue weighted by atomic mass is 10.1. The van der Waals surface area contributed by atoms with Gasteiger partial charge in [-0.15, -0.1) is 0 Å². The number of aromatic amines is 1. The lowest BCUT2D eigenvalue weighted by Gasteiger charge is -2.33. The lowest BCUT2D eigenvalue weighted by Crippen LogP contribution is -2.53. The van der Waals surface area contributed by atoms with Crippen molar-refractivity contribution in [1.82, 2.24) is 9.55 Å². The minimum absolute atomic E-state index is 0.256. The molecule has 9 nitrogen and oxygen atoms in total. The summed E-state index contributed by atoms with van der Waals surface area (Å²) in [5, 5.41) is 19.4. The zero-order valence-electron chi connectivity index (χ0n) is 11.9. The first kappa shape index (κ1) is 15.9. The third-order valence-electron chi connectivity index (χ3n) is 3.55. The van der Waals surface area contributed by atoms with Crippen LogP contribution in [0.5, 0.6) is 0 Å². The average Bonchev–Trinajstić information content (AvgIpc) is 2.75. The SMILES string of the molecule is COC1[C@H](O)[C@@H](CO)O[C@@]1(OC)n1cc(C)c(=O)[nH]c1=O. The van der Waals surface area contributed by atoms with Gasteiger partial charge in [-0.3, -0.25) is 9.78 Å². The molecule has 0 spiro atoms. The Hall–Kier alpha value is -1.52. The molecule has 0 aliphatic carbocycles. The van der Waals surface area contributed by atoms with Gasteiger partial charge in [0.2, 0.25) is 0 Å². The molecule has 21 heavy (non-hydrogen) atoms. The molecular weight excluding hydrogens is 284 g/mol. The van der Waals surface area contributed by atoms with Crippen molar-refractivity contribution in [2.75, 3.05) is 20.8 Å². The fourth-order valence-corrected chi connectivity index (χ4v) is 2.45. The summed E-state index contributed by atoms with van der Waals surface area (Å²) in [4.78, 5) is 25.6. The van der Waals surface area contributed by atoms with Gasteiger partial charge in [-0.2, -0.15) is 0 Å². The van der Waals surface area contributed by atoms with E-state index in [-0.39, 0.29) is 5.56 Å². The molecule has 0 amide bonds. The Kier molecular flexibility index (Phi) is 4.30. The van der Waals surface area contributed by atoms with Gasteiger partial charge in [0.15, 0.2) is 6.10 Å². The van der Waals surface area contributed by atoms with Crippen molar-refractivity contribution in [1.29, 1.82) is 0 Å². The van der Waals surface area contributed by atoms with Crippen molar-refractivity contribution in [3.05, 3.63) is 32.6 Å². The van der Waals surface area contributed by atoms with Crippen LogP contribution in [0.1, 0.15) is 5.56 Å². The number of nitrogens with one attached hydrogen (secondary N) is 1. The third-order valence-corrected chi connectivity index (χ3v) is 3.55. The molecule has 0 radical (unpaired) electrons. The maximum absolute atomic E-state index is 12.1. The molecule has 0 bridgehead atoms. The van der Waals surface area contributed by atoms with Gasteiger partial charge in [0, 0.05) is 26.0 Å². The van der Waals surface area contributed by atoms with E-state index >= 15 is 0 Å². The van der Waals surface area contributed by atoms with Crippen molar-refractivity contribution >= 4 is 0 Å². The normalized spacial score (nSPS) is 32.5. The van der Waals surface area contributed by atoms with Crippen molar-refractivity contribution in [3.8, 4) is 0 Å². The fourth-order valence-electron chi connectivity index (χ4n) is 2.45. The Labute approximate surface area is 119 Å². The molecule has 1 aliphatic heterocycles. The number of hydrogen-bond acceptors (Lipinski definition) is 7. The second-order valence-corrected chi connectivity index (χ2v) is 4.76. The number of H-pyrrole nitrogens is 1. The minimum atomic E-state index is -1.78. The van der Waals surface area contributed by atoms with Crippen molar-refractivity contribution in [2.45, 2.75) is 31.1 Å². The van der Waals surface area contributed by atoms with E-state index in [0.717, 1.165) is 4.57 Å². The molecule has 4 atom stereocenters. The van der Waals surface area contributed by atoms with Gasteiger partial charge in [0.1, 0.15) is 12.2 Å². The summed E-state index contributed by atoms with van der Waals surface area (Å²) in [6.07, 6.45) is -2.01. The quantitative estimate of drug-likeness (QED) is 0.580. The molecule has 2 heterocycles. The maximum atomic E-state index is 12.1. The molecule has 1 saturated heterocycles. The first-order valence-electron chi connectivity index (χ1n) is 6.29. The second kappa shape index (κ2) is 5.70. The number of rotatable bonds is 4. The minimum Gasteiger partial charge on any atom is -0.394 e. The molecule has 2 rings (SSSR count). The smallest absolute Gasteiger partial charge is 0.332 e. The highest BCUT2D eigenvalue weighted by Crippen LogP contribution is 2.37. The largest absolute Gasteiger partial charge is 0.394 e. The van der Waals surface area contributed by atoms with Crippen molar-refractivity contribution in [3.63, 3.8) is 0 Å². The highest BCUT2D eigenvalue weighted by molar-refractivity contribution is 5.05. The summed E-state index contributed by atoms with van der Waals surface area (Å²) in [7, 11) is 2.58. The van der Waals surface area contributed by atoms with Gasteiger partial charge in [-0.05, 0) is 6.92 Å². The maximum Gasteiger partial charge on any atom is 0.332 e. The van der Waals surface area contributed by atoms with Gasteiger partial charge in [-0.25, -0.2) is 9.36 Å². The number of aliphatic hydroxyl groups excluding tert-OH is 2. The highest BCUT2D eigenvalue weighted by Gasteiger charge is 2.58. The van der Waals surface area contributed by atoms with E-state index in [0.29, 0.717) is 0 Å². The predicted molar refractivity (Wildman–Crippen MR) is 69.8 cm³/mol. The van der Waals surface area contributed by atoms with Gasteiger partial charge in [-0.1, -0.05) is 0 Å². The summed E-state index contributed by atoms with van der Waals surface area (Å²) < 4.78 is 17.0. The second-order valence-electron chi connectivity index (χ2n) is 4.76. The summed E-state index contributed by atoms with van der Waals surface area (Å²) >= 11 is 0. The Morgan fingerprint density at radius 1 is 1.48 bits per heavy atom. The van der Waals surface area contributed by atoms with Crippen LogP contribution in [-0.2, 0) is 20.1 Å². The summed E-state index contributed by atoms with van der Waals surface area (Å²) in [5.74, 6) is -1.78. The molecule has 3 N–H and O–H groups in total. The Morgan fingerprint density at radius 2 is 2.14 bits per heavy atom. The zero-order chi connectivity index (χ0) is 15.8. The summed E-state index contributed by atoms with van der Waals surface area (Å²) in [6, 6.07) is 0. The predicted octanol–water partition coefficient (Wildman–Crippen LogP) is -2.13. The number of methoxy groups -OCH3 is 2. The summed E-state index contributed by atoms with van der Waals surface area (Å²) in [5.41, 5.74) is -1.06. The van der Waals surface area contributed by atoms with Crippen LogP contribution in [0.2, 0.25) is 0 Å². The Morgan fingerprint density at radius 3 is 2.67 bits per heavy atom. The van der Waals surface area contributed by atoms with Crippen LogP contribution < -0.4 is 11.2 Å². The molecule has 1 aromatic rings. The van der Waals surface area contributed by atoms with Crippen LogP contribution in [0, 0.1) is 6.92 Å². The number of aryl methyl sites for hydroxylation is 1. The highest BCUT2D eigenvalue weighted by atomic mass is 16.8. The zero-order valence-corrected chi connectivity index (χ0v) is 11.9. The van der Waals surface area contributed by atoms with E-state index in [4.69, 9.17) is 14.2 Å². The molecule has 0 aromatic carbocycles. The van der Waals surface area contributed by atoms with E-state index in [2.05, 4.69) is 4.98 Å². The molecule has 1 aliphatic rings. The van der Waals surface area contributed by atoms with Crippen LogP contribution in [0.4, 0.5) is 0 Å². The first-order chi connectivity index (χ1) is 9.91. The molecule has 1 fully saturated rings. The van der Waals surface area contributed by atoms with Gasteiger partial charge < -0.3 is 24.4 Å². The third kappa shape index (κ3) is 2.32. The Bertz CT molecular complexity index is 625. The monoisotopic (exact) mass is 302 g/mol.